The number of nitrogens with zero attached hydrogens (tertiary/aromatic N) is 2. The number of amides is 1. The van der Waals surface area contributed by atoms with Crippen LogP contribution < -0.4 is 5.32 Å². The molecule has 9 heteroatoms. The van der Waals surface area contributed by atoms with Crippen LogP contribution in [0.4, 0.5) is 10.1 Å². The first-order valence-corrected chi connectivity index (χ1v) is 11.1. The first kappa shape index (κ1) is 18.4. The first-order valence-electron chi connectivity index (χ1n) is 8.91. The molecular weight excluding hydrogens is 393 g/mol. The third-order valence-corrected chi connectivity index (χ3v) is 7.20. The molecule has 0 radical (unpaired) electrons. The molecule has 1 saturated heterocycles. The Hall–Kier alpha value is -1.93. The summed E-state index contributed by atoms with van der Waals surface area (Å²) >= 11 is 5.77. The monoisotopic (exact) mass is 411 g/mol. The number of carbonyl (C=O) groups excluding carboxylic acids is 1. The Bertz CT molecular complexity index is 1020. The second kappa shape index (κ2) is 6.91. The number of anilines is 1. The number of rotatable bonds is 3. The minimum absolute atomic E-state index is 0.0652. The van der Waals surface area contributed by atoms with Crippen LogP contribution in [0.5, 0.6) is 0 Å². The predicted octanol–water partition coefficient (Wildman–Crippen LogP) is 3.17. The molecule has 2 aliphatic rings. The van der Waals surface area contributed by atoms with Gasteiger partial charge in [0.05, 0.1) is 22.6 Å². The third-order valence-electron chi connectivity index (χ3n) is 5.16. The maximum absolute atomic E-state index is 13.3. The van der Waals surface area contributed by atoms with Crippen molar-refractivity contribution in [2.24, 2.45) is 0 Å². The number of hydrogen-bond acceptors (Lipinski definition) is 4. The van der Waals surface area contributed by atoms with E-state index in [1.54, 1.807) is 4.68 Å². The summed E-state index contributed by atoms with van der Waals surface area (Å²) in [5.41, 5.74) is 2.55. The standard InChI is InChI=1S/C18H19ClFN3O3S/c19-14-9-11(5-6-15(14)20)21-18(24)17-13-3-1-2-4-16(13)23(22-17)12-7-8-27(25,26)10-12/h5-6,9,12H,1-4,7-8,10H2,(H,21,24)/t12-/m1/s1. The summed E-state index contributed by atoms with van der Waals surface area (Å²) < 4.78 is 38.8. The van der Waals surface area contributed by atoms with E-state index < -0.39 is 21.6 Å². The van der Waals surface area contributed by atoms with Gasteiger partial charge >= 0.3 is 0 Å². The zero-order valence-corrected chi connectivity index (χ0v) is 16.1. The number of aromatic nitrogens is 2. The average Bonchev–Trinajstić information content (AvgIpc) is 3.18. The largest absolute Gasteiger partial charge is 0.321 e. The lowest BCUT2D eigenvalue weighted by atomic mass is 9.95. The zero-order chi connectivity index (χ0) is 19.2. The fourth-order valence-corrected chi connectivity index (χ4v) is 5.72. The van der Waals surface area contributed by atoms with Crippen LogP contribution in [-0.2, 0) is 22.7 Å². The Morgan fingerprint density at radius 2 is 2.07 bits per heavy atom. The van der Waals surface area contributed by atoms with E-state index in [9.17, 15) is 17.6 Å². The molecule has 0 saturated carbocycles. The van der Waals surface area contributed by atoms with E-state index in [1.807, 2.05) is 0 Å². The van der Waals surface area contributed by atoms with Crippen LogP contribution in [0.25, 0.3) is 0 Å². The van der Waals surface area contributed by atoms with Crippen LogP contribution >= 0.6 is 11.6 Å². The Kier molecular flexibility index (Phi) is 4.71. The molecule has 0 bridgehead atoms. The van der Waals surface area contributed by atoms with Gasteiger partial charge in [-0.15, -0.1) is 0 Å². The molecule has 1 atom stereocenters. The van der Waals surface area contributed by atoms with Gasteiger partial charge in [0.1, 0.15) is 5.82 Å². The van der Waals surface area contributed by atoms with Crippen molar-refractivity contribution >= 4 is 33.0 Å². The second-order valence-corrected chi connectivity index (χ2v) is 9.70. The molecule has 1 aromatic heterocycles. The normalized spacial score (nSPS) is 21.0. The summed E-state index contributed by atoms with van der Waals surface area (Å²) in [6.07, 6.45) is 4.00. The van der Waals surface area contributed by atoms with E-state index in [-0.39, 0.29) is 22.6 Å². The van der Waals surface area contributed by atoms with Crippen molar-refractivity contribution in [3.63, 3.8) is 0 Å². The van der Waals surface area contributed by atoms with Gasteiger partial charge in [0.15, 0.2) is 15.5 Å². The Morgan fingerprint density at radius 1 is 1.30 bits per heavy atom. The third kappa shape index (κ3) is 3.60. The Labute approximate surface area is 161 Å². The van der Waals surface area contributed by atoms with Crippen LogP contribution in [0.2, 0.25) is 5.02 Å². The van der Waals surface area contributed by atoms with Gasteiger partial charge in [0.2, 0.25) is 0 Å². The lowest BCUT2D eigenvalue weighted by Crippen LogP contribution is -2.17. The van der Waals surface area contributed by atoms with E-state index in [4.69, 9.17) is 11.6 Å². The van der Waals surface area contributed by atoms with E-state index in [2.05, 4.69) is 10.4 Å². The molecular formula is C18H19ClFN3O3S. The molecule has 6 nitrogen and oxygen atoms in total. The molecule has 27 heavy (non-hydrogen) atoms. The molecule has 1 amide bonds. The topological polar surface area (TPSA) is 81.1 Å². The molecule has 1 N–H and O–H groups in total. The summed E-state index contributed by atoms with van der Waals surface area (Å²) in [4.78, 5) is 12.8. The van der Waals surface area contributed by atoms with Gasteiger partial charge < -0.3 is 5.32 Å². The molecule has 1 aliphatic heterocycles. The number of sulfone groups is 1. The minimum Gasteiger partial charge on any atom is -0.321 e. The molecule has 144 valence electrons. The molecule has 0 unspecified atom stereocenters. The number of fused-ring (bicyclic) bond motifs is 1. The summed E-state index contributed by atoms with van der Waals surface area (Å²) in [6, 6.07) is 3.76. The van der Waals surface area contributed by atoms with Gasteiger partial charge in [-0.25, -0.2) is 12.8 Å². The zero-order valence-electron chi connectivity index (χ0n) is 14.5. The highest BCUT2D eigenvalue weighted by Crippen LogP contribution is 2.31. The van der Waals surface area contributed by atoms with E-state index >= 15 is 0 Å². The molecule has 2 heterocycles. The van der Waals surface area contributed by atoms with E-state index in [1.165, 1.54) is 18.2 Å². The van der Waals surface area contributed by atoms with Crippen LogP contribution in [-0.4, -0.2) is 35.6 Å². The van der Waals surface area contributed by atoms with Crippen molar-refractivity contribution in [3.8, 4) is 0 Å². The van der Waals surface area contributed by atoms with Gasteiger partial charge in [0.25, 0.3) is 5.91 Å². The molecule has 1 aromatic carbocycles. The van der Waals surface area contributed by atoms with Gasteiger partial charge in [-0.2, -0.15) is 5.10 Å². The Morgan fingerprint density at radius 3 is 2.78 bits per heavy atom. The smallest absolute Gasteiger partial charge is 0.276 e. The maximum atomic E-state index is 13.3. The highest BCUT2D eigenvalue weighted by atomic mass is 35.5. The first-order chi connectivity index (χ1) is 12.8. The van der Waals surface area contributed by atoms with Crippen LogP contribution in [0.1, 0.15) is 47.1 Å². The lowest BCUT2D eigenvalue weighted by molar-refractivity contribution is 0.102. The molecule has 4 rings (SSSR count). The number of hydrogen-bond donors (Lipinski definition) is 1. The van der Waals surface area contributed by atoms with Crippen LogP contribution in [0, 0.1) is 5.82 Å². The summed E-state index contributed by atoms with van der Waals surface area (Å²) in [5.74, 6) is -0.730. The van der Waals surface area contributed by atoms with Crippen molar-refractivity contribution in [3.05, 3.63) is 46.0 Å². The quantitative estimate of drug-likeness (QED) is 0.841. The van der Waals surface area contributed by atoms with Gasteiger partial charge in [-0.05, 0) is 50.3 Å². The van der Waals surface area contributed by atoms with Crippen molar-refractivity contribution in [2.45, 2.75) is 38.1 Å². The second-order valence-electron chi connectivity index (χ2n) is 7.07. The van der Waals surface area contributed by atoms with Crippen molar-refractivity contribution in [2.75, 3.05) is 16.8 Å². The number of nitrogens with one attached hydrogen (secondary N) is 1. The van der Waals surface area contributed by atoms with Gasteiger partial charge in [0, 0.05) is 16.9 Å². The van der Waals surface area contributed by atoms with Crippen LogP contribution in [0.3, 0.4) is 0 Å². The molecule has 1 aliphatic carbocycles. The average molecular weight is 412 g/mol. The number of benzene rings is 1. The lowest BCUT2D eigenvalue weighted by Gasteiger charge is -2.17. The summed E-state index contributed by atoms with van der Waals surface area (Å²) in [7, 11) is -3.05. The molecule has 2 aromatic rings. The molecule has 0 spiro atoms. The van der Waals surface area contributed by atoms with Crippen LogP contribution in [0.15, 0.2) is 18.2 Å². The summed E-state index contributed by atoms with van der Waals surface area (Å²) in [6.45, 7) is 0. The summed E-state index contributed by atoms with van der Waals surface area (Å²) in [5, 5.41) is 7.15. The highest BCUT2D eigenvalue weighted by molar-refractivity contribution is 7.91. The van der Waals surface area contributed by atoms with Gasteiger partial charge in [-0.3, -0.25) is 9.48 Å². The number of carbonyl (C=O) groups is 1. The SMILES string of the molecule is O=C(Nc1ccc(F)c(Cl)c1)c1nn([C@@H]2CCS(=O)(=O)C2)c2c1CCCC2. The number of halogens is 2. The predicted molar refractivity (Wildman–Crippen MR) is 101 cm³/mol. The van der Waals surface area contributed by atoms with Gasteiger partial charge in [-0.1, -0.05) is 11.6 Å². The van der Waals surface area contributed by atoms with E-state index in [0.29, 0.717) is 17.8 Å². The fourth-order valence-electron chi connectivity index (χ4n) is 3.84. The van der Waals surface area contributed by atoms with Crippen molar-refractivity contribution in [1.29, 1.82) is 0 Å². The van der Waals surface area contributed by atoms with Crippen molar-refractivity contribution < 1.29 is 17.6 Å². The fraction of sp³-hybridized carbons (Fsp3) is 0.444. The highest BCUT2D eigenvalue weighted by Gasteiger charge is 2.34. The minimum atomic E-state index is -3.05. The maximum Gasteiger partial charge on any atom is 0.276 e. The van der Waals surface area contributed by atoms with E-state index in [0.717, 1.165) is 36.9 Å². The van der Waals surface area contributed by atoms with Crippen molar-refractivity contribution in [1.82, 2.24) is 9.78 Å². The molecule has 1 fully saturated rings. The Balaban J connectivity index is 1.66.